The number of fused-ring (bicyclic) bond motifs is 7. The van der Waals surface area contributed by atoms with Gasteiger partial charge in [-0.2, -0.15) is 0 Å². The zero-order valence-corrected chi connectivity index (χ0v) is 8.45. The van der Waals surface area contributed by atoms with Crippen LogP contribution in [0, 0.1) is 24.7 Å². The highest BCUT2D eigenvalue weighted by atomic mass is 16.6. The summed E-state index contributed by atoms with van der Waals surface area (Å²) in [6.07, 6.45) is 6.45. The number of ether oxygens (including phenoxy) is 2. The standard InChI is InChI=1S/C12H17O2/c1-2-13-12-4-3-7(6-12)8-5-9-11(14-9)10(8)12/h7-11H,1-6H2. The van der Waals surface area contributed by atoms with Crippen LogP contribution in [-0.4, -0.2) is 24.4 Å². The van der Waals surface area contributed by atoms with E-state index < -0.39 is 0 Å². The third kappa shape index (κ3) is 0.772. The Bertz CT molecular complexity index is 277. The maximum Gasteiger partial charge on any atom is 0.0900 e. The Hall–Kier alpha value is -0.0800. The van der Waals surface area contributed by atoms with Crippen LogP contribution in [0.3, 0.4) is 0 Å². The van der Waals surface area contributed by atoms with Crippen LogP contribution in [0.5, 0.6) is 0 Å². The Balaban J connectivity index is 1.70. The molecule has 1 radical (unpaired) electrons. The molecule has 1 saturated heterocycles. The largest absolute Gasteiger partial charge is 0.375 e. The highest BCUT2D eigenvalue weighted by molar-refractivity contribution is 5.19. The topological polar surface area (TPSA) is 21.8 Å². The van der Waals surface area contributed by atoms with E-state index in [1.165, 1.54) is 25.7 Å². The number of hydrogen-bond donors (Lipinski definition) is 0. The van der Waals surface area contributed by atoms with Gasteiger partial charge in [-0.05, 0) is 44.4 Å². The van der Waals surface area contributed by atoms with Crippen LogP contribution in [0.25, 0.3) is 0 Å². The molecule has 4 rings (SSSR count). The molecule has 2 heteroatoms. The van der Waals surface area contributed by atoms with Crippen LogP contribution in [0.15, 0.2) is 0 Å². The Labute approximate surface area is 85.0 Å². The normalized spacial score (nSPS) is 62.8. The van der Waals surface area contributed by atoms with E-state index in [1.54, 1.807) is 0 Å². The number of hydrogen-bond acceptors (Lipinski definition) is 2. The van der Waals surface area contributed by atoms with E-state index in [1.807, 2.05) is 0 Å². The molecule has 0 aromatic carbocycles. The Morgan fingerprint density at radius 2 is 2.43 bits per heavy atom. The van der Waals surface area contributed by atoms with E-state index in [2.05, 4.69) is 6.92 Å². The van der Waals surface area contributed by atoms with Crippen LogP contribution in [0.1, 0.15) is 25.7 Å². The molecule has 1 heterocycles. The summed E-state index contributed by atoms with van der Waals surface area (Å²) in [4.78, 5) is 0. The smallest absolute Gasteiger partial charge is 0.0900 e. The van der Waals surface area contributed by atoms with Crippen molar-refractivity contribution in [3.05, 3.63) is 6.92 Å². The van der Waals surface area contributed by atoms with Gasteiger partial charge in [-0.1, -0.05) is 0 Å². The quantitative estimate of drug-likeness (QED) is 0.624. The lowest BCUT2D eigenvalue weighted by molar-refractivity contribution is -0.0783. The van der Waals surface area contributed by atoms with Crippen LogP contribution >= 0.6 is 0 Å². The van der Waals surface area contributed by atoms with Gasteiger partial charge in [0, 0.05) is 12.5 Å². The molecule has 0 N–H and O–H groups in total. The van der Waals surface area contributed by atoms with E-state index in [0.29, 0.717) is 18.8 Å². The van der Waals surface area contributed by atoms with Crippen LogP contribution in [-0.2, 0) is 9.47 Å². The molecule has 6 unspecified atom stereocenters. The molecular weight excluding hydrogens is 176 g/mol. The SMILES string of the molecule is [CH2]COC12CCC(C1)C1CC3OC3C12. The molecule has 1 aliphatic heterocycles. The van der Waals surface area contributed by atoms with Crippen molar-refractivity contribution >= 4 is 0 Å². The predicted molar refractivity (Wildman–Crippen MR) is 51.6 cm³/mol. The molecule has 6 atom stereocenters. The summed E-state index contributed by atoms with van der Waals surface area (Å²) in [6, 6.07) is 0. The van der Waals surface area contributed by atoms with Crippen LogP contribution < -0.4 is 0 Å². The molecule has 3 saturated carbocycles. The lowest BCUT2D eigenvalue weighted by atomic mass is 9.78. The Kier molecular flexibility index (Phi) is 1.37. The lowest BCUT2D eigenvalue weighted by Crippen LogP contribution is -2.40. The minimum absolute atomic E-state index is 0.188. The van der Waals surface area contributed by atoms with Crippen molar-refractivity contribution in [3.63, 3.8) is 0 Å². The van der Waals surface area contributed by atoms with Crippen molar-refractivity contribution in [1.29, 1.82) is 0 Å². The van der Waals surface area contributed by atoms with Crippen molar-refractivity contribution < 1.29 is 9.47 Å². The zero-order chi connectivity index (χ0) is 9.34. The third-order valence-electron chi connectivity index (χ3n) is 5.09. The monoisotopic (exact) mass is 193 g/mol. The maximum atomic E-state index is 6.00. The van der Waals surface area contributed by atoms with Gasteiger partial charge in [-0.3, -0.25) is 0 Å². The molecule has 2 bridgehead atoms. The van der Waals surface area contributed by atoms with Gasteiger partial charge in [0.25, 0.3) is 0 Å². The highest BCUT2D eigenvalue weighted by Crippen LogP contribution is 2.67. The fourth-order valence-corrected chi connectivity index (χ4v) is 4.67. The Morgan fingerprint density at radius 3 is 3.29 bits per heavy atom. The van der Waals surface area contributed by atoms with Crippen molar-refractivity contribution in [1.82, 2.24) is 0 Å². The molecule has 0 spiro atoms. The molecule has 0 aromatic heterocycles. The summed E-state index contributed by atoms with van der Waals surface area (Å²) in [5.74, 6) is 2.61. The fraction of sp³-hybridized carbons (Fsp3) is 0.917. The molecule has 4 fully saturated rings. The first kappa shape index (κ1) is 8.12. The minimum Gasteiger partial charge on any atom is -0.375 e. The first-order valence-electron chi connectivity index (χ1n) is 5.93. The summed E-state index contributed by atoms with van der Waals surface area (Å²) in [5, 5.41) is 0. The second-order valence-corrected chi connectivity index (χ2v) is 5.48. The van der Waals surface area contributed by atoms with Gasteiger partial charge in [0.05, 0.1) is 17.8 Å². The fourth-order valence-electron chi connectivity index (χ4n) is 4.67. The van der Waals surface area contributed by atoms with E-state index in [9.17, 15) is 0 Å². The van der Waals surface area contributed by atoms with Crippen LogP contribution in [0.4, 0.5) is 0 Å². The van der Waals surface area contributed by atoms with E-state index in [-0.39, 0.29) is 5.60 Å². The molecule has 2 nitrogen and oxygen atoms in total. The maximum absolute atomic E-state index is 6.00. The van der Waals surface area contributed by atoms with Crippen molar-refractivity contribution in [2.75, 3.05) is 6.61 Å². The van der Waals surface area contributed by atoms with Crippen molar-refractivity contribution in [2.24, 2.45) is 17.8 Å². The van der Waals surface area contributed by atoms with Gasteiger partial charge in [0.15, 0.2) is 0 Å². The first-order chi connectivity index (χ1) is 6.84. The lowest BCUT2D eigenvalue weighted by Gasteiger charge is -2.36. The zero-order valence-electron chi connectivity index (χ0n) is 8.45. The van der Waals surface area contributed by atoms with Crippen molar-refractivity contribution in [3.8, 4) is 0 Å². The van der Waals surface area contributed by atoms with Crippen LogP contribution in [0.2, 0.25) is 0 Å². The predicted octanol–water partition coefficient (Wildman–Crippen LogP) is 1.79. The summed E-state index contributed by atoms with van der Waals surface area (Å²) >= 11 is 0. The summed E-state index contributed by atoms with van der Waals surface area (Å²) in [7, 11) is 0. The minimum atomic E-state index is 0.188. The van der Waals surface area contributed by atoms with Gasteiger partial charge >= 0.3 is 0 Å². The second-order valence-electron chi connectivity index (χ2n) is 5.48. The van der Waals surface area contributed by atoms with Gasteiger partial charge in [-0.15, -0.1) is 0 Å². The van der Waals surface area contributed by atoms with Gasteiger partial charge in [-0.25, -0.2) is 0 Å². The van der Waals surface area contributed by atoms with E-state index in [0.717, 1.165) is 17.8 Å². The number of rotatable bonds is 2. The number of epoxide rings is 1. The molecule has 3 aliphatic carbocycles. The summed E-state index contributed by atoms with van der Waals surface area (Å²) < 4.78 is 11.7. The van der Waals surface area contributed by atoms with E-state index in [4.69, 9.17) is 9.47 Å². The van der Waals surface area contributed by atoms with Gasteiger partial charge < -0.3 is 9.47 Å². The summed E-state index contributed by atoms with van der Waals surface area (Å²) in [6.45, 7) is 4.48. The molecule has 0 aromatic rings. The highest BCUT2D eigenvalue weighted by Gasteiger charge is 2.70. The second kappa shape index (κ2) is 2.35. The van der Waals surface area contributed by atoms with E-state index >= 15 is 0 Å². The summed E-state index contributed by atoms with van der Waals surface area (Å²) in [5.41, 5.74) is 0.188. The average molecular weight is 193 g/mol. The average Bonchev–Trinajstić information content (AvgIpc) is 2.63. The van der Waals surface area contributed by atoms with Gasteiger partial charge in [0.1, 0.15) is 0 Å². The molecular formula is C12H17O2. The molecule has 4 aliphatic rings. The van der Waals surface area contributed by atoms with Crippen molar-refractivity contribution in [2.45, 2.75) is 43.5 Å². The Morgan fingerprint density at radius 1 is 1.50 bits per heavy atom. The molecule has 0 amide bonds. The third-order valence-corrected chi connectivity index (χ3v) is 5.09. The first-order valence-corrected chi connectivity index (χ1v) is 5.93. The van der Waals surface area contributed by atoms with Gasteiger partial charge in [0.2, 0.25) is 0 Å². The molecule has 14 heavy (non-hydrogen) atoms. The molecule has 77 valence electrons.